The van der Waals surface area contributed by atoms with E-state index in [1.165, 1.54) is 6.07 Å². The van der Waals surface area contributed by atoms with Gasteiger partial charge in [0.25, 0.3) is 0 Å². The molecule has 0 saturated heterocycles. The second-order valence-electron chi connectivity index (χ2n) is 4.46. The van der Waals surface area contributed by atoms with Gasteiger partial charge >= 0.3 is 0 Å². The summed E-state index contributed by atoms with van der Waals surface area (Å²) in [5, 5.41) is 12.4. The van der Waals surface area contributed by atoms with Crippen LogP contribution in [-0.2, 0) is 6.54 Å². The molecule has 16 heavy (non-hydrogen) atoms. The van der Waals surface area contributed by atoms with Crippen LogP contribution in [0.15, 0.2) is 18.2 Å². The van der Waals surface area contributed by atoms with E-state index in [0.717, 1.165) is 5.56 Å². The molecule has 3 heteroatoms. The Bertz CT molecular complexity index is 339. The molecule has 0 aliphatic rings. The summed E-state index contributed by atoms with van der Waals surface area (Å²) in [5.74, 6) is -0.178. The third-order valence-corrected chi connectivity index (χ3v) is 2.54. The second-order valence-corrected chi connectivity index (χ2v) is 4.46. The Morgan fingerprint density at radius 1 is 1.38 bits per heavy atom. The van der Waals surface area contributed by atoms with Gasteiger partial charge in [-0.2, -0.15) is 0 Å². The normalized spacial score (nSPS) is 14.8. The third kappa shape index (κ3) is 4.29. The van der Waals surface area contributed by atoms with Gasteiger partial charge in [0.15, 0.2) is 0 Å². The molecule has 0 fully saturated rings. The Kier molecular flexibility index (Phi) is 4.90. The van der Waals surface area contributed by atoms with Gasteiger partial charge < -0.3 is 10.4 Å². The van der Waals surface area contributed by atoms with Crippen molar-refractivity contribution in [3.8, 4) is 0 Å². The van der Waals surface area contributed by atoms with Crippen LogP contribution in [0.4, 0.5) is 4.39 Å². The van der Waals surface area contributed by atoms with Crippen LogP contribution in [0.2, 0.25) is 0 Å². The number of rotatable bonds is 5. The third-order valence-electron chi connectivity index (χ3n) is 2.54. The molecule has 0 radical (unpaired) electrons. The smallest absolute Gasteiger partial charge is 0.127 e. The van der Waals surface area contributed by atoms with Gasteiger partial charge in [-0.25, -0.2) is 4.39 Å². The topological polar surface area (TPSA) is 32.3 Å². The van der Waals surface area contributed by atoms with Gasteiger partial charge in [-0.15, -0.1) is 0 Å². The number of nitrogens with one attached hydrogen (secondary N) is 1. The number of hydrogen-bond acceptors (Lipinski definition) is 2. The van der Waals surface area contributed by atoms with Crippen LogP contribution in [-0.4, -0.2) is 17.3 Å². The lowest BCUT2D eigenvalue weighted by molar-refractivity contribution is 0.170. The van der Waals surface area contributed by atoms with Crippen LogP contribution in [0.1, 0.15) is 31.4 Å². The Labute approximate surface area is 96.5 Å². The van der Waals surface area contributed by atoms with E-state index in [9.17, 15) is 9.50 Å². The van der Waals surface area contributed by atoms with Crippen molar-refractivity contribution in [3.05, 3.63) is 35.1 Å². The van der Waals surface area contributed by atoms with Crippen molar-refractivity contribution >= 4 is 0 Å². The molecule has 2 N–H and O–H groups in total. The summed E-state index contributed by atoms with van der Waals surface area (Å²) in [6.45, 7) is 6.19. The fraction of sp³-hybridized carbons (Fsp3) is 0.538. The largest absolute Gasteiger partial charge is 0.393 e. The number of halogens is 1. The van der Waals surface area contributed by atoms with Crippen molar-refractivity contribution in [1.29, 1.82) is 0 Å². The summed E-state index contributed by atoms with van der Waals surface area (Å²) in [6, 6.07) is 5.28. The maximum atomic E-state index is 13.4. The standard InChI is InChI=1S/C13H20FNO/c1-9-4-5-13(14)12(6-9)8-15-10(2)7-11(3)16/h4-6,10-11,15-16H,7-8H2,1-3H3. The van der Waals surface area contributed by atoms with Crippen LogP contribution in [0.5, 0.6) is 0 Å². The molecule has 2 unspecified atom stereocenters. The Morgan fingerprint density at radius 3 is 2.69 bits per heavy atom. The maximum absolute atomic E-state index is 13.4. The number of aliphatic hydroxyl groups is 1. The average Bonchev–Trinajstić information content (AvgIpc) is 2.18. The number of hydrogen-bond donors (Lipinski definition) is 2. The fourth-order valence-electron chi connectivity index (χ4n) is 1.72. The van der Waals surface area contributed by atoms with Crippen LogP contribution < -0.4 is 5.32 Å². The first-order chi connectivity index (χ1) is 7.49. The van der Waals surface area contributed by atoms with Gasteiger partial charge in [-0.3, -0.25) is 0 Å². The fourth-order valence-corrected chi connectivity index (χ4v) is 1.72. The van der Waals surface area contributed by atoms with E-state index < -0.39 is 0 Å². The summed E-state index contributed by atoms with van der Waals surface area (Å²) in [5.41, 5.74) is 1.74. The van der Waals surface area contributed by atoms with Crippen molar-refractivity contribution in [1.82, 2.24) is 5.32 Å². The Hall–Kier alpha value is -0.930. The summed E-state index contributed by atoms with van der Waals surface area (Å²) < 4.78 is 13.4. The molecule has 1 rings (SSSR count). The van der Waals surface area contributed by atoms with E-state index in [0.29, 0.717) is 18.5 Å². The lowest BCUT2D eigenvalue weighted by Crippen LogP contribution is -2.29. The lowest BCUT2D eigenvalue weighted by atomic mass is 10.1. The van der Waals surface area contributed by atoms with Gasteiger partial charge in [-0.05, 0) is 33.3 Å². The molecule has 0 saturated carbocycles. The summed E-state index contributed by atoms with van der Waals surface area (Å²) in [7, 11) is 0. The molecule has 0 aromatic heterocycles. The lowest BCUT2D eigenvalue weighted by Gasteiger charge is -2.15. The highest BCUT2D eigenvalue weighted by Crippen LogP contribution is 2.10. The van der Waals surface area contributed by atoms with Crippen molar-refractivity contribution < 1.29 is 9.50 Å². The zero-order valence-corrected chi connectivity index (χ0v) is 10.1. The van der Waals surface area contributed by atoms with Gasteiger partial charge in [0, 0.05) is 18.2 Å². The van der Waals surface area contributed by atoms with Crippen LogP contribution in [0.3, 0.4) is 0 Å². The molecule has 0 bridgehead atoms. The van der Waals surface area contributed by atoms with E-state index in [1.807, 2.05) is 19.9 Å². The molecule has 0 aliphatic carbocycles. The van der Waals surface area contributed by atoms with E-state index in [4.69, 9.17) is 0 Å². The van der Waals surface area contributed by atoms with E-state index >= 15 is 0 Å². The van der Waals surface area contributed by atoms with Gasteiger partial charge in [0.2, 0.25) is 0 Å². The molecule has 1 aromatic carbocycles. The Balaban J connectivity index is 2.51. The zero-order valence-electron chi connectivity index (χ0n) is 10.1. The van der Waals surface area contributed by atoms with Crippen LogP contribution >= 0.6 is 0 Å². The van der Waals surface area contributed by atoms with Crippen LogP contribution in [0, 0.1) is 12.7 Å². The molecule has 2 atom stereocenters. The first-order valence-electron chi connectivity index (χ1n) is 5.65. The predicted octanol–water partition coefficient (Wildman–Crippen LogP) is 2.38. The predicted molar refractivity (Wildman–Crippen MR) is 63.7 cm³/mol. The van der Waals surface area contributed by atoms with Crippen molar-refractivity contribution in [3.63, 3.8) is 0 Å². The van der Waals surface area contributed by atoms with E-state index in [2.05, 4.69) is 5.32 Å². The Morgan fingerprint density at radius 2 is 2.06 bits per heavy atom. The maximum Gasteiger partial charge on any atom is 0.127 e. The highest BCUT2D eigenvalue weighted by molar-refractivity contribution is 5.23. The monoisotopic (exact) mass is 225 g/mol. The molecular weight excluding hydrogens is 205 g/mol. The summed E-state index contributed by atoms with van der Waals surface area (Å²) in [4.78, 5) is 0. The van der Waals surface area contributed by atoms with Crippen LogP contribution in [0.25, 0.3) is 0 Å². The van der Waals surface area contributed by atoms with Gasteiger partial charge in [-0.1, -0.05) is 17.7 Å². The summed E-state index contributed by atoms with van der Waals surface area (Å²) >= 11 is 0. The zero-order chi connectivity index (χ0) is 12.1. The second kappa shape index (κ2) is 5.97. The number of benzene rings is 1. The highest BCUT2D eigenvalue weighted by Gasteiger charge is 2.07. The average molecular weight is 225 g/mol. The summed E-state index contributed by atoms with van der Waals surface area (Å²) in [6.07, 6.45) is 0.345. The molecule has 90 valence electrons. The SMILES string of the molecule is Cc1ccc(F)c(CNC(C)CC(C)O)c1. The molecule has 0 aliphatic heterocycles. The van der Waals surface area contributed by atoms with Crippen molar-refractivity contribution in [2.24, 2.45) is 0 Å². The van der Waals surface area contributed by atoms with E-state index in [1.54, 1.807) is 13.0 Å². The molecule has 2 nitrogen and oxygen atoms in total. The van der Waals surface area contributed by atoms with Crippen molar-refractivity contribution in [2.75, 3.05) is 0 Å². The molecule has 0 spiro atoms. The number of aryl methyl sites for hydroxylation is 1. The first-order valence-corrected chi connectivity index (χ1v) is 5.65. The quantitative estimate of drug-likeness (QED) is 0.806. The molecule has 0 heterocycles. The van der Waals surface area contributed by atoms with E-state index in [-0.39, 0.29) is 18.0 Å². The minimum atomic E-state index is -0.329. The highest BCUT2D eigenvalue weighted by atomic mass is 19.1. The first kappa shape index (κ1) is 13.1. The minimum Gasteiger partial charge on any atom is -0.393 e. The van der Waals surface area contributed by atoms with Crippen molar-refractivity contribution in [2.45, 2.75) is 45.9 Å². The molecule has 1 aromatic rings. The van der Waals surface area contributed by atoms with Gasteiger partial charge in [0.05, 0.1) is 6.10 Å². The molecule has 0 amide bonds. The minimum absolute atomic E-state index is 0.178. The number of aliphatic hydroxyl groups excluding tert-OH is 1. The molecular formula is C13H20FNO. The van der Waals surface area contributed by atoms with Gasteiger partial charge in [0.1, 0.15) is 5.82 Å².